The van der Waals surface area contributed by atoms with Crippen molar-refractivity contribution in [1.29, 1.82) is 0 Å². The number of morpholine rings is 1. The summed E-state index contributed by atoms with van der Waals surface area (Å²) in [5.74, 6) is 2.59. The minimum Gasteiger partial charge on any atom is -0.484 e. The number of ether oxygens (including phenoxy) is 3. The lowest BCUT2D eigenvalue weighted by molar-refractivity contribution is -0.124. The van der Waals surface area contributed by atoms with E-state index in [4.69, 9.17) is 14.2 Å². The van der Waals surface area contributed by atoms with Crippen LogP contribution in [0, 0.1) is 5.92 Å². The molecule has 1 fully saturated rings. The predicted molar refractivity (Wildman–Crippen MR) is 112 cm³/mol. The lowest BCUT2D eigenvalue weighted by Gasteiger charge is -2.33. The van der Waals surface area contributed by atoms with Crippen molar-refractivity contribution in [2.45, 2.75) is 20.0 Å². The van der Waals surface area contributed by atoms with Gasteiger partial charge in [0, 0.05) is 26.2 Å². The van der Waals surface area contributed by atoms with Crippen molar-refractivity contribution >= 4 is 5.91 Å². The van der Waals surface area contributed by atoms with E-state index < -0.39 is 0 Å². The number of hydrogen-bond donors (Lipinski definition) is 1. The van der Waals surface area contributed by atoms with Gasteiger partial charge in [0.15, 0.2) is 6.61 Å². The highest BCUT2D eigenvalue weighted by Crippen LogP contribution is 2.23. The van der Waals surface area contributed by atoms with Crippen LogP contribution in [0.25, 0.3) is 0 Å². The van der Waals surface area contributed by atoms with Crippen molar-refractivity contribution in [3.63, 3.8) is 0 Å². The normalized spacial score (nSPS) is 17.1. The average molecular weight is 399 g/mol. The second-order valence-corrected chi connectivity index (χ2v) is 7.63. The Hall–Kier alpha value is -2.57. The molecule has 156 valence electrons. The Balaban J connectivity index is 1.37. The van der Waals surface area contributed by atoms with Crippen LogP contribution < -0.4 is 14.8 Å². The Labute approximate surface area is 172 Å². The van der Waals surface area contributed by atoms with E-state index in [1.165, 1.54) is 0 Å². The summed E-state index contributed by atoms with van der Waals surface area (Å²) in [5, 5.41) is 2.90. The fourth-order valence-corrected chi connectivity index (χ4v) is 3.24. The molecule has 0 bridgehead atoms. The Morgan fingerprint density at radius 1 is 1.10 bits per heavy atom. The van der Waals surface area contributed by atoms with Crippen LogP contribution in [0.1, 0.15) is 13.8 Å². The molecule has 1 N–H and O–H groups in total. The minimum absolute atomic E-state index is 0.0265. The van der Waals surface area contributed by atoms with Crippen LogP contribution in [0.4, 0.5) is 0 Å². The molecule has 0 saturated carbocycles. The van der Waals surface area contributed by atoms with Gasteiger partial charge in [0.25, 0.3) is 5.91 Å². The molecular formula is C23H30N2O4. The Morgan fingerprint density at radius 3 is 2.52 bits per heavy atom. The van der Waals surface area contributed by atoms with Gasteiger partial charge in [0.1, 0.15) is 17.2 Å². The Kier molecular flexibility index (Phi) is 7.90. The number of rotatable bonds is 9. The first-order valence-corrected chi connectivity index (χ1v) is 10.1. The quantitative estimate of drug-likeness (QED) is 0.702. The number of carbonyl (C=O) groups excluding carboxylic acids is 1. The lowest BCUT2D eigenvalue weighted by Crippen LogP contribution is -2.48. The van der Waals surface area contributed by atoms with Crippen molar-refractivity contribution in [3.05, 3.63) is 54.6 Å². The van der Waals surface area contributed by atoms with Gasteiger partial charge in [-0.05, 0) is 42.3 Å². The summed E-state index contributed by atoms with van der Waals surface area (Å²) in [7, 11) is 0. The molecule has 2 aromatic rings. The molecule has 3 rings (SSSR count). The first kappa shape index (κ1) is 21.1. The van der Waals surface area contributed by atoms with E-state index >= 15 is 0 Å². The SMILES string of the molecule is CC(C)CN1CCOC(CNC(=O)COc2ccc(Oc3ccccc3)cc2)C1. The van der Waals surface area contributed by atoms with E-state index in [9.17, 15) is 4.79 Å². The highest BCUT2D eigenvalue weighted by molar-refractivity contribution is 5.77. The van der Waals surface area contributed by atoms with Crippen LogP contribution in [-0.4, -0.2) is 56.3 Å². The second kappa shape index (κ2) is 10.8. The molecule has 0 aromatic heterocycles. The maximum atomic E-state index is 12.1. The lowest BCUT2D eigenvalue weighted by atomic mass is 10.2. The zero-order valence-corrected chi connectivity index (χ0v) is 17.2. The number of amides is 1. The van der Waals surface area contributed by atoms with Gasteiger partial charge < -0.3 is 19.5 Å². The van der Waals surface area contributed by atoms with E-state index in [0.29, 0.717) is 30.6 Å². The van der Waals surface area contributed by atoms with Crippen LogP contribution >= 0.6 is 0 Å². The molecule has 0 radical (unpaired) electrons. The van der Waals surface area contributed by atoms with E-state index in [1.807, 2.05) is 42.5 Å². The van der Waals surface area contributed by atoms with Gasteiger partial charge in [-0.25, -0.2) is 0 Å². The van der Waals surface area contributed by atoms with Crippen molar-refractivity contribution in [3.8, 4) is 17.2 Å². The summed E-state index contributed by atoms with van der Waals surface area (Å²) in [6.45, 7) is 8.47. The number of nitrogens with zero attached hydrogens (tertiary/aromatic N) is 1. The Bertz CT molecular complexity index is 749. The molecule has 6 heteroatoms. The van der Waals surface area contributed by atoms with Gasteiger partial charge in [0.05, 0.1) is 12.7 Å². The predicted octanol–water partition coefficient (Wildman–Crippen LogP) is 3.33. The van der Waals surface area contributed by atoms with Crippen molar-refractivity contribution < 1.29 is 19.0 Å². The topological polar surface area (TPSA) is 60.0 Å². The molecule has 1 heterocycles. The largest absolute Gasteiger partial charge is 0.484 e. The van der Waals surface area contributed by atoms with Crippen LogP contribution in [0.3, 0.4) is 0 Å². The van der Waals surface area contributed by atoms with E-state index in [2.05, 4.69) is 24.1 Å². The molecule has 1 aliphatic rings. The van der Waals surface area contributed by atoms with Crippen LogP contribution in [0.15, 0.2) is 54.6 Å². The zero-order valence-electron chi connectivity index (χ0n) is 17.2. The first-order chi connectivity index (χ1) is 14.1. The molecule has 2 aromatic carbocycles. The minimum atomic E-state index is -0.154. The van der Waals surface area contributed by atoms with Gasteiger partial charge in [-0.1, -0.05) is 32.0 Å². The number of carbonyl (C=O) groups is 1. The van der Waals surface area contributed by atoms with Crippen LogP contribution in [0.5, 0.6) is 17.2 Å². The highest BCUT2D eigenvalue weighted by Gasteiger charge is 2.21. The van der Waals surface area contributed by atoms with Gasteiger partial charge in [0.2, 0.25) is 0 Å². The number of benzene rings is 2. The van der Waals surface area contributed by atoms with E-state index in [0.717, 1.165) is 25.4 Å². The fraction of sp³-hybridized carbons (Fsp3) is 0.435. The first-order valence-electron chi connectivity index (χ1n) is 10.1. The van der Waals surface area contributed by atoms with E-state index in [-0.39, 0.29) is 18.6 Å². The summed E-state index contributed by atoms with van der Waals surface area (Å²) in [6, 6.07) is 16.8. The molecule has 1 amide bonds. The van der Waals surface area contributed by atoms with Crippen molar-refractivity contribution in [1.82, 2.24) is 10.2 Å². The standard InChI is InChI=1S/C23H30N2O4/c1-18(2)15-25-12-13-27-22(16-25)14-24-23(26)17-28-19-8-10-21(11-9-19)29-20-6-4-3-5-7-20/h3-11,18,22H,12-17H2,1-2H3,(H,24,26). The van der Waals surface area contributed by atoms with E-state index in [1.54, 1.807) is 12.1 Å². The summed E-state index contributed by atoms with van der Waals surface area (Å²) in [5.41, 5.74) is 0. The average Bonchev–Trinajstić information content (AvgIpc) is 2.72. The number of nitrogens with one attached hydrogen (secondary N) is 1. The molecule has 1 aliphatic heterocycles. The third kappa shape index (κ3) is 7.40. The zero-order chi connectivity index (χ0) is 20.5. The highest BCUT2D eigenvalue weighted by atomic mass is 16.5. The molecular weight excluding hydrogens is 368 g/mol. The number of para-hydroxylation sites is 1. The van der Waals surface area contributed by atoms with Gasteiger partial charge >= 0.3 is 0 Å². The summed E-state index contributed by atoms with van der Waals surface area (Å²) < 4.78 is 17.1. The maximum Gasteiger partial charge on any atom is 0.258 e. The molecule has 0 spiro atoms. The Morgan fingerprint density at radius 2 is 1.79 bits per heavy atom. The molecule has 1 saturated heterocycles. The van der Waals surface area contributed by atoms with Gasteiger partial charge in [-0.2, -0.15) is 0 Å². The van der Waals surface area contributed by atoms with Crippen molar-refractivity contribution in [2.75, 3.05) is 39.4 Å². The van der Waals surface area contributed by atoms with Crippen molar-refractivity contribution in [2.24, 2.45) is 5.92 Å². The fourth-order valence-electron chi connectivity index (χ4n) is 3.24. The molecule has 6 nitrogen and oxygen atoms in total. The third-order valence-electron chi connectivity index (χ3n) is 4.55. The second-order valence-electron chi connectivity index (χ2n) is 7.63. The summed E-state index contributed by atoms with van der Waals surface area (Å²) in [6.07, 6.45) is 0.0286. The van der Waals surface area contributed by atoms with Crippen LogP contribution in [0.2, 0.25) is 0 Å². The van der Waals surface area contributed by atoms with Crippen LogP contribution in [-0.2, 0) is 9.53 Å². The summed E-state index contributed by atoms with van der Waals surface area (Å²) >= 11 is 0. The smallest absolute Gasteiger partial charge is 0.258 e. The number of hydrogen-bond acceptors (Lipinski definition) is 5. The third-order valence-corrected chi connectivity index (χ3v) is 4.55. The molecule has 29 heavy (non-hydrogen) atoms. The molecule has 1 unspecified atom stereocenters. The summed E-state index contributed by atoms with van der Waals surface area (Å²) in [4.78, 5) is 14.5. The monoisotopic (exact) mass is 398 g/mol. The van der Waals surface area contributed by atoms with Gasteiger partial charge in [-0.15, -0.1) is 0 Å². The van der Waals surface area contributed by atoms with Gasteiger partial charge in [-0.3, -0.25) is 9.69 Å². The molecule has 0 aliphatic carbocycles. The maximum absolute atomic E-state index is 12.1. The molecule has 1 atom stereocenters.